The third kappa shape index (κ3) is 4.04. The highest BCUT2D eigenvalue weighted by Gasteiger charge is 2.25. The van der Waals surface area contributed by atoms with Crippen molar-refractivity contribution >= 4 is 27.5 Å². The van der Waals surface area contributed by atoms with Gasteiger partial charge in [0.1, 0.15) is 17.3 Å². The van der Waals surface area contributed by atoms with Crippen molar-refractivity contribution < 1.29 is 14.2 Å². The second-order valence-electron chi connectivity index (χ2n) is 7.19. The van der Waals surface area contributed by atoms with Crippen molar-refractivity contribution in [1.29, 1.82) is 0 Å². The number of benzene rings is 1. The van der Waals surface area contributed by atoms with Crippen LogP contribution in [0.4, 0.5) is 0 Å². The number of aromatic nitrogens is 2. The number of hydrogen-bond donors (Lipinski definition) is 1. The molecule has 2 aromatic heterocycles. The van der Waals surface area contributed by atoms with Crippen LogP contribution < -0.4 is 4.90 Å². The summed E-state index contributed by atoms with van der Waals surface area (Å²) in [6, 6.07) is 8.29. The van der Waals surface area contributed by atoms with Gasteiger partial charge in [-0.25, -0.2) is 4.98 Å². The van der Waals surface area contributed by atoms with Gasteiger partial charge in [0, 0.05) is 12.0 Å². The molecule has 4 rings (SSSR count). The SMILES string of the molecule is Cc1noc(C)c1CCC(=O)N1CC[NH+](Cc2nc3ccccc3s2)CC1. The summed E-state index contributed by atoms with van der Waals surface area (Å²) in [6.45, 7) is 8.38. The van der Waals surface area contributed by atoms with Crippen molar-refractivity contribution in [2.75, 3.05) is 26.2 Å². The zero-order chi connectivity index (χ0) is 18.8. The van der Waals surface area contributed by atoms with Gasteiger partial charge in [0.2, 0.25) is 5.91 Å². The molecule has 0 atom stereocenters. The van der Waals surface area contributed by atoms with Crippen LogP contribution in [0.15, 0.2) is 28.8 Å². The first kappa shape index (κ1) is 18.1. The lowest BCUT2D eigenvalue weighted by molar-refractivity contribution is -0.917. The second kappa shape index (κ2) is 7.78. The molecular weight excluding hydrogens is 360 g/mol. The van der Waals surface area contributed by atoms with E-state index < -0.39 is 0 Å². The molecular formula is C20H25N4O2S+. The molecule has 0 unspecified atom stereocenters. The highest BCUT2D eigenvalue weighted by atomic mass is 32.1. The number of nitrogens with zero attached hydrogens (tertiary/aromatic N) is 3. The Hall–Kier alpha value is -2.25. The van der Waals surface area contributed by atoms with Crippen molar-refractivity contribution in [1.82, 2.24) is 15.0 Å². The number of quaternary nitrogens is 1. The molecule has 7 heteroatoms. The average molecular weight is 386 g/mol. The number of thiazole rings is 1. The predicted molar refractivity (Wildman–Crippen MR) is 105 cm³/mol. The van der Waals surface area contributed by atoms with E-state index in [1.807, 2.05) is 24.8 Å². The molecule has 1 aliphatic rings. The quantitative estimate of drug-likeness (QED) is 0.727. The first-order chi connectivity index (χ1) is 13.1. The van der Waals surface area contributed by atoms with E-state index in [0.717, 1.165) is 55.3 Å². The lowest BCUT2D eigenvalue weighted by Crippen LogP contribution is -3.13. The highest BCUT2D eigenvalue weighted by Crippen LogP contribution is 2.20. The summed E-state index contributed by atoms with van der Waals surface area (Å²) in [5, 5.41) is 5.15. The van der Waals surface area contributed by atoms with E-state index in [1.165, 1.54) is 14.6 Å². The normalized spacial score (nSPS) is 15.6. The fourth-order valence-electron chi connectivity index (χ4n) is 3.71. The summed E-state index contributed by atoms with van der Waals surface area (Å²) in [4.78, 5) is 20.8. The van der Waals surface area contributed by atoms with Gasteiger partial charge in [0.15, 0.2) is 0 Å². The zero-order valence-corrected chi connectivity index (χ0v) is 16.6. The first-order valence-corrected chi connectivity index (χ1v) is 10.3. The molecule has 27 heavy (non-hydrogen) atoms. The van der Waals surface area contributed by atoms with E-state index in [-0.39, 0.29) is 5.91 Å². The van der Waals surface area contributed by atoms with Crippen molar-refractivity contribution in [3.8, 4) is 0 Å². The molecule has 1 aliphatic heterocycles. The van der Waals surface area contributed by atoms with Gasteiger partial charge in [0.25, 0.3) is 0 Å². The highest BCUT2D eigenvalue weighted by molar-refractivity contribution is 7.18. The lowest BCUT2D eigenvalue weighted by Gasteiger charge is -2.31. The minimum absolute atomic E-state index is 0.231. The van der Waals surface area contributed by atoms with Crippen molar-refractivity contribution in [3.63, 3.8) is 0 Å². The van der Waals surface area contributed by atoms with Gasteiger partial charge in [-0.1, -0.05) is 17.3 Å². The number of fused-ring (bicyclic) bond motifs is 1. The molecule has 1 fully saturated rings. The molecule has 0 radical (unpaired) electrons. The van der Waals surface area contributed by atoms with E-state index in [0.29, 0.717) is 12.8 Å². The lowest BCUT2D eigenvalue weighted by atomic mass is 10.1. The Kier molecular flexibility index (Phi) is 5.22. The Morgan fingerprint density at radius 1 is 1.26 bits per heavy atom. The molecule has 3 aromatic rings. The van der Waals surface area contributed by atoms with Crippen LogP contribution in [0.3, 0.4) is 0 Å². The predicted octanol–water partition coefficient (Wildman–Crippen LogP) is 1.76. The minimum Gasteiger partial charge on any atom is -0.361 e. The monoisotopic (exact) mass is 385 g/mol. The Labute approximate surface area is 162 Å². The van der Waals surface area contributed by atoms with Gasteiger partial charge < -0.3 is 14.3 Å². The van der Waals surface area contributed by atoms with E-state index in [9.17, 15) is 4.79 Å². The number of para-hydroxylation sites is 1. The van der Waals surface area contributed by atoms with E-state index in [1.54, 1.807) is 11.3 Å². The molecule has 0 saturated carbocycles. The van der Waals surface area contributed by atoms with Crippen molar-refractivity contribution in [3.05, 3.63) is 46.3 Å². The zero-order valence-electron chi connectivity index (χ0n) is 15.8. The Morgan fingerprint density at radius 2 is 2.04 bits per heavy atom. The maximum absolute atomic E-state index is 12.6. The van der Waals surface area contributed by atoms with Gasteiger partial charge >= 0.3 is 0 Å². The van der Waals surface area contributed by atoms with Crippen LogP contribution in [0.25, 0.3) is 10.2 Å². The summed E-state index contributed by atoms with van der Waals surface area (Å²) in [7, 11) is 0. The van der Waals surface area contributed by atoms with Crippen LogP contribution in [0, 0.1) is 13.8 Å². The van der Waals surface area contributed by atoms with E-state index >= 15 is 0 Å². The van der Waals surface area contributed by atoms with Gasteiger partial charge in [-0.15, -0.1) is 11.3 Å². The Bertz CT molecular complexity index is 888. The molecule has 0 spiro atoms. The van der Waals surface area contributed by atoms with Crippen molar-refractivity contribution in [2.45, 2.75) is 33.2 Å². The maximum atomic E-state index is 12.6. The third-order valence-corrected chi connectivity index (χ3v) is 6.37. The fourth-order valence-corrected chi connectivity index (χ4v) is 4.75. The summed E-state index contributed by atoms with van der Waals surface area (Å²) >= 11 is 1.78. The summed E-state index contributed by atoms with van der Waals surface area (Å²) < 4.78 is 6.43. The van der Waals surface area contributed by atoms with Crippen LogP contribution in [-0.4, -0.2) is 47.1 Å². The fraction of sp³-hybridized carbons (Fsp3) is 0.450. The molecule has 1 saturated heterocycles. The van der Waals surface area contributed by atoms with Crippen molar-refractivity contribution in [2.24, 2.45) is 0 Å². The van der Waals surface area contributed by atoms with Gasteiger partial charge in [0.05, 0.1) is 42.1 Å². The van der Waals surface area contributed by atoms with Gasteiger partial charge in [-0.2, -0.15) is 0 Å². The number of carbonyl (C=O) groups is 1. The molecule has 0 aliphatic carbocycles. The maximum Gasteiger partial charge on any atom is 0.223 e. The number of carbonyl (C=O) groups excluding carboxylic acids is 1. The van der Waals surface area contributed by atoms with E-state index in [2.05, 4.69) is 23.4 Å². The van der Waals surface area contributed by atoms with Crippen LogP contribution >= 0.6 is 11.3 Å². The number of hydrogen-bond acceptors (Lipinski definition) is 5. The van der Waals surface area contributed by atoms with Gasteiger partial charge in [-0.3, -0.25) is 4.79 Å². The molecule has 1 amide bonds. The first-order valence-electron chi connectivity index (χ1n) is 9.47. The number of amides is 1. The smallest absolute Gasteiger partial charge is 0.223 e. The Morgan fingerprint density at radius 3 is 2.74 bits per heavy atom. The number of nitrogens with one attached hydrogen (secondary N) is 1. The summed E-state index contributed by atoms with van der Waals surface area (Å²) in [5.74, 6) is 1.06. The second-order valence-corrected chi connectivity index (χ2v) is 8.30. The molecule has 1 N–H and O–H groups in total. The third-order valence-electron chi connectivity index (χ3n) is 5.33. The van der Waals surface area contributed by atoms with Crippen LogP contribution in [0.2, 0.25) is 0 Å². The van der Waals surface area contributed by atoms with E-state index in [4.69, 9.17) is 9.51 Å². The number of aryl methyl sites for hydroxylation is 2. The largest absolute Gasteiger partial charge is 0.361 e. The molecule has 6 nitrogen and oxygen atoms in total. The number of piperazine rings is 1. The Balaban J connectivity index is 1.27. The standard InChI is InChI=1S/C20H24N4O2S/c1-14-16(15(2)26-22-14)7-8-20(25)24-11-9-23(10-12-24)13-19-21-17-5-3-4-6-18(17)27-19/h3-6H,7-13H2,1-2H3/p+1. The van der Waals surface area contributed by atoms with Gasteiger partial charge in [-0.05, 0) is 32.4 Å². The van der Waals surface area contributed by atoms with Crippen LogP contribution in [0.1, 0.15) is 28.4 Å². The molecule has 1 aromatic carbocycles. The molecule has 142 valence electrons. The number of rotatable bonds is 5. The average Bonchev–Trinajstić information content (AvgIpc) is 3.23. The summed E-state index contributed by atoms with van der Waals surface area (Å²) in [5.41, 5.74) is 3.05. The van der Waals surface area contributed by atoms with Crippen LogP contribution in [0.5, 0.6) is 0 Å². The summed E-state index contributed by atoms with van der Waals surface area (Å²) in [6.07, 6.45) is 1.23. The molecule has 0 bridgehead atoms. The topological polar surface area (TPSA) is 63.7 Å². The van der Waals surface area contributed by atoms with Crippen LogP contribution in [-0.2, 0) is 17.8 Å². The minimum atomic E-state index is 0.231. The molecule has 3 heterocycles.